The summed E-state index contributed by atoms with van der Waals surface area (Å²) in [6, 6.07) is 50.1. The summed E-state index contributed by atoms with van der Waals surface area (Å²) in [6.07, 6.45) is -6.16. The van der Waals surface area contributed by atoms with Crippen molar-refractivity contribution in [3.63, 3.8) is 0 Å². The molecule has 3 fully saturated rings. The Bertz CT molecular complexity index is 1940. The van der Waals surface area contributed by atoms with Gasteiger partial charge in [0.1, 0.15) is 36.6 Å². The van der Waals surface area contributed by atoms with E-state index in [9.17, 15) is 0 Å². The van der Waals surface area contributed by atoms with Crippen LogP contribution in [0.15, 0.2) is 152 Å². The number of rotatable bonds is 16. The molecule has 10 heteroatoms. The standard InChI is InChI=1S/C48H52O10/c1-34-41(50-28-35-18-8-3-9-19-35)44(52-30-37-22-12-5-13-23-37)46(54-32-39-26-16-7-17-27-39)48(57-34)55-33-40-42(58-48)43(51-29-36-20-10-4-11-21-36)45(47(49-2)56-40)53-31-38-24-14-6-15-25-38/h3-27,34,40-47H,28-33H2,1-2H3/t34-,40+,41+,42-,43+,44+,45+,46-,47-,48-/m0/s1. The zero-order valence-electron chi connectivity index (χ0n) is 33.0. The van der Waals surface area contributed by atoms with Crippen molar-refractivity contribution in [2.45, 2.75) is 101 Å². The van der Waals surface area contributed by atoms with Crippen molar-refractivity contribution < 1.29 is 47.4 Å². The minimum Gasteiger partial charge on any atom is -0.368 e. The highest BCUT2D eigenvalue weighted by molar-refractivity contribution is 5.18. The van der Waals surface area contributed by atoms with Crippen LogP contribution in [0.3, 0.4) is 0 Å². The molecule has 3 aliphatic heterocycles. The van der Waals surface area contributed by atoms with Gasteiger partial charge < -0.3 is 47.4 Å². The molecule has 0 amide bonds. The van der Waals surface area contributed by atoms with Crippen LogP contribution in [-0.2, 0) is 80.4 Å². The second-order valence-electron chi connectivity index (χ2n) is 14.9. The van der Waals surface area contributed by atoms with Gasteiger partial charge in [-0.3, -0.25) is 0 Å². The molecule has 0 saturated carbocycles. The summed E-state index contributed by atoms with van der Waals surface area (Å²) in [4.78, 5) is 0. The molecular weight excluding hydrogens is 737 g/mol. The Morgan fingerprint density at radius 2 is 0.879 bits per heavy atom. The topological polar surface area (TPSA) is 92.3 Å². The second-order valence-corrected chi connectivity index (χ2v) is 14.9. The van der Waals surface area contributed by atoms with E-state index in [1.165, 1.54) is 0 Å². The quantitative estimate of drug-likeness (QED) is 0.0988. The Labute approximate surface area is 340 Å². The minimum absolute atomic E-state index is 0.0972. The van der Waals surface area contributed by atoms with Gasteiger partial charge in [0.05, 0.1) is 45.7 Å². The van der Waals surface area contributed by atoms with Gasteiger partial charge in [0.15, 0.2) is 12.4 Å². The Kier molecular flexibility index (Phi) is 13.7. The monoisotopic (exact) mass is 788 g/mol. The molecule has 3 aliphatic rings. The van der Waals surface area contributed by atoms with Crippen LogP contribution in [0.5, 0.6) is 0 Å². The fourth-order valence-electron chi connectivity index (χ4n) is 7.81. The van der Waals surface area contributed by atoms with E-state index in [-0.39, 0.29) is 13.2 Å². The van der Waals surface area contributed by atoms with Crippen LogP contribution in [-0.4, -0.2) is 74.8 Å². The van der Waals surface area contributed by atoms with E-state index >= 15 is 0 Å². The van der Waals surface area contributed by atoms with Gasteiger partial charge in [0.2, 0.25) is 0 Å². The van der Waals surface area contributed by atoms with E-state index in [1.807, 2.05) is 159 Å². The average molecular weight is 789 g/mol. The van der Waals surface area contributed by atoms with E-state index < -0.39 is 61.1 Å². The third kappa shape index (κ3) is 9.76. The van der Waals surface area contributed by atoms with Gasteiger partial charge in [0.25, 0.3) is 0 Å². The summed E-state index contributed by atoms with van der Waals surface area (Å²) in [5.74, 6) is -1.75. The highest BCUT2D eigenvalue weighted by Gasteiger charge is 2.64. The largest absolute Gasteiger partial charge is 0.368 e. The van der Waals surface area contributed by atoms with E-state index in [4.69, 9.17) is 47.4 Å². The summed E-state index contributed by atoms with van der Waals surface area (Å²) in [5, 5.41) is 0. The van der Waals surface area contributed by atoms with Crippen molar-refractivity contribution in [1.82, 2.24) is 0 Å². The van der Waals surface area contributed by atoms with Crippen LogP contribution in [0.2, 0.25) is 0 Å². The number of ether oxygens (including phenoxy) is 10. The summed E-state index contributed by atoms with van der Waals surface area (Å²) < 4.78 is 67.2. The van der Waals surface area contributed by atoms with Gasteiger partial charge in [-0.15, -0.1) is 0 Å². The molecule has 304 valence electrons. The van der Waals surface area contributed by atoms with Gasteiger partial charge in [0, 0.05) is 7.11 Å². The van der Waals surface area contributed by atoms with Gasteiger partial charge in [-0.2, -0.15) is 0 Å². The molecule has 0 aliphatic carbocycles. The van der Waals surface area contributed by atoms with Gasteiger partial charge in [-0.05, 0) is 34.7 Å². The van der Waals surface area contributed by atoms with E-state index in [0.29, 0.717) is 26.4 Å². The molecule has 0 unspecified atom stereocenters. The molecule has 10 atom stereocenters. The Balaban J connectivity index is 1.14. The molecule has 10 nitrogen and oxygen atoms in total. The van der Waals surface area contributed by atoms with Gasteiger partial charge in [-0.25, -0.2) is 0 Å². The number of benzene rings is 5. The Morgan fingerprint density at radius 1 is 0.483 bits per heavy atom. The lowest BCUT2D eigenvalue weighted by Gasteiger charge is -2.57. The number of methoxy groups -OCH3 is 1. The fourth-order valence-corrected chi connectivity index (χ4v) is 7.81. The summed E-state index contributed by atoms with van der Waals surface area (Å²) in [5.41, 5.74) is 5.00. The molecule has 1 spiro atoms. The normalized spacial score (nSPS) is 29.5. The lowest BCUT2D eigenvalue weighted by molar-refractivity contribution is -0.515. The van der Waals surface area contributed by atoms with Crippen LogP contribution in [0, 0.1) is 0 Å². The van der Waals surface area contributed by atoms with Crippen LogP contribution in [0.1, 0.15) is 34.7 Å². The number of hydrogen-bond acceptors (Lipinski definition) is 10. The first-order valence-corrected chi connectivity index (χ1v) is 20.0. The van der Waals surface area contributed by atoms with Crippen LogP contribution >= 0.6 is 0 Å². The molecule has 3 heterocycles. The molecule has 0 radical (unpaired) electrons. The molecular formula is C48H52O10. The molecule has 3 saturated heterocycles. The van der Waals surface area contributed by atoms with Crippen molar-refractivity contribution in [3.8, 4) is 0 Å². The molecule has 0 bridgehead atoms. The summed E-state index contributed by atoms with van der Waals surface area (Å²) >= 11 is 0. The maximum absolute atomic E-state index is 7.17. The first kappa shape index (κ1) is 40.5. The van der Waals surface area contributed by atoms with Crippen LogP contribution in [0.25, 0.3) is 0 Å². The predicted octanol–water partition coefficient (Wildman–Crippen LogP) is 7.77. The molecule has 58 heavy (non-hydrogen) atoms. The van der Waals surface area contributed by atoms with E-state index in [0.717, 1.165) is 27.8 Å². The first-order valence-electron chi connectivity index (χ1n) is 20.0. The van der Waals surface area contributed by atoms with Gasteiger partial charge >= 0.3 is 5.97 Å². The van der Waals surface area contributed by atoms with Crippen molar-refractivity contribution in [3.05, 3.63) is 179 Å². The third-order valence-corrected chi connectivity index (χ3v) is 10.8. The Morgan fingerprint density at radius 3 is 1.33 bits per heavy atom. The zero-order valence-corrected chi connectivity index (χ0v) is 33.0. The van der Waals surface area contributed by atoms with E-state index in [1.54, 1.807) is 7.11 Å². The SMILES string of the molecule is CO[C@H]1O[C@@H]2CO[C@]3(O[C@@H]2[C@@H](OCc2ccccc2)[C@H]1OCc1ccccc1)O[C@@H](C)[C@@H](OCc1ccccc1)[C@@H](OCc1ccccc1)[C@@H]3OCc1ccccc1. The predicted molar refractivity (Wildman–Crippen MR) is 215 cm³/mol. The highest BCUT2D eigenvalue weighted by atomic mass is 16.9. The van der Waals surface area contributed by atoms with E-state index in [2.05, 4.69) is 0 Å². The smallest absolute Gasteiger partial charge is 0.314 e. The fraction of sp³-hybridized carbons (Fsp3) is 0.375. The summed E-state index contributed by atoms with van der Waals surface area (Å²) in [6.45, 7) is 3.55. The van der Waals surface area contributed by atoms with Crippen molar-refractivity contribution in [2.24, 2.45) is 0 Å². The minimum atomic E-state index is -1.75. The first-order chi connectivity index (χ1) is 28.6. The van der Waals surface area contributed by atoms with Crippen LogP contribution in [0.4, 0.5) is 0 Å². The second kappa shape index (κ2) is 19.6. The molecule has 0 aromatic heterocycles. The molecule has 8 rings (SSSR count). The molecule has 5 aromatic rings. The van der Waals surface area contributed by atoms with Crippen molar-refractivity contribution in [2.75, 3.05) is 13.7 Å². The third-order valence-electron chi connectivity index (χ3n) is 10.8. The van der Waals surface area contributed by atoms with Crippen molar-refractivity contribution in [1.29, 1.82) is 0 Å². The lowest BCUT2D eigenvalue weighted by atomic mass is 9.93. The highest BCUT2D eigenvalue weighted by Crippen LogP contribution is 2.44. The maximum atomic E-state index is 7.17. The maximum Gasteiger partial charge on any atom is 0.314 e. The zero-order chi connectivity index (χ0) is 39.6. The summed E-state index contributed by atoms with van der Waals surface area (Å²) in [7, 11) is 1.60. The molecule has 0 N–H and O–H groups in total. The number of hydrogen-bond donors (Lipinski definition) is 0. The van der Waals surface area contributed by atoms with Crippen molar-refractivity contribution >= 4 is 0 Å². The number of fused-ring (bicyclic) bond motifs is 1. The Hall–Kier alpha value is -4.30. The average Bonchev–Trinajstić information content (AvgIpc) is 3.28. The molecule has 5 aromatic carbocycles. The lowest BCUT2D eigenvalue weighted by Crippen LogP contribution is -2.74. The van der Waals surface area contributed by atoms with Crippen LogP contribution < -0.4 is 0 Å². The van der Waals surface area contributed by atoms with Gasteiger partial charge in [-0.1, -0.05) is 152 Å².